The lowest BCUT2D eigenvalue weighted by Crippen LogP contribution is -2.32. The van der Waals surface area contributed by atoms with E-state index in [2.05, 4.69) is 18.8 Å². The van der Waals surface area contributed by atoms with Crippen molar-refractivity contribution < 1.29 is 19.1 Å². The molecule has 1 saturated heterocycles. The normalized spacial score (nSPS) is 15.7. The van der Waals surface area contributed by atoms with Crippen molar-refractivity contribution in [3.63, 3.8) is 0 Å². The molecule has 0 spiro atoms. The van der Waals surface area contributed by atoms with Gasteiger partial charge in [0.1, 0.15) is 6.61 Å². The molecule has 1 aliphatic rings. The van der Waals surface area contributed by atoms with E-state index in [0.717, 1.165) is 49.8 Å². The molecule has 1 fully saturated rings. The van der Waals surface area contributed by atoms with Crippen molar-refractivity contribution in [2.75, 3.05) is 18.8 Å². The minimum atomic E-state index is -0.405. The number of thioether (sulfide) groups is 1. The summed E-state index contributed by atoms with van der Waals surface area (Å²) in [7, 11) is 0. The number of benzene rings is 1. The van der Waals surface area contributed by atoms with Gasteiger partial charge in [-0.25, -0.2) is 4.79 Å². The van der Waals surface area contributed by atoms with Crippen LogP contribution in [0.25, 0.3) is 0 Å². The van der Waals surface area contributed by atoms with E-state index in [0.29, 0.717) is 25.4 Å². The zero-order valence-corrected chi connectivity index (χ0v) is 27.2. The minimum absolute atomic E-state index is 0.00348. The Morgan fingerprint density at radius 3 is 2.40 bits per heavy atom. The van der Waals surface area contributed by atoms with Crippen LogP contribution < -0.4 is 5.32 Å². The van der Waals surface area contributed by atoms with Crippen LogP contribution in [0.4, 0.5) is 4.79 Å². The number of nitrogens with one attached hydrogen (secondary N) is 1. The molecule has 3 amide bonds. The van der Waals surface area contributed by atoms with Gasteiger partial charge in [-0.1, -0.05) is 101 Å². The average Bonchev–Trinajstić information content (AvgIpc) is 3.25. The molecule has 2 rings (SSSR count). The molecule has 0 aliphatic carbocycles. The van der Waals surface area contributed by atoms with Crippen molar-refractivity contribution >= 4 is 29.7 Å². The van der Waals surface area contributed by atoms with Crippen molar-refractivity contribution in [2.24, 2.45) is 5.92 Å². The summed E-state index contributed by atoms with van der Waals surface area (Å²) in [4.78, 5) is 39.0. The number of imide groups is 1. The van der Waals surface area contributed by atoms with Crippen LogP contribution in [0.15, 0.2) is 36.9 Å². The van der Waals surface area contributed by atoms with E-state index < -0.39 is 6.09 Å². The number of hydrogen-bond acceptors (Lipinski definition) is 5. The van der Waals surface area contributed by atoms with Crippen molar-refractivity contribution in [1.82, 2.24) is 10.2 Å². The summed E-state index contributed by atoms with van der Waals surface area (Å²) in [5.74, 6) is 1.55. The van der Waals surface area contributed by atoms with Gasteiger partial charge in [-0.15, -0.1) is 18.3 Å². The quantitative estimate of drug-likeness (QED) is 0.0729. The van der Waals surface area contributed by atoms with Crippen LogP contribution in [0.5, 0.6) is 0 Å². The summed E-state index contributed by atoms with van der Waals surface area (Å²) in [5.41, 5.74) is 2.14. The highest BCUT2D eigenvalue weighted by molar-refractivity contribution is 8.00. The molecule has 2 unspecified atom stereocenters. The van der Waals surface area contributed by atoms with Crippen LogP contribution in [0.3, 0.4) is 0 Å². The van der Waals surface area contributed by atoms with Gasteiger partial charge in [-0.2, -0.15) is 0 Å². The Bertz CT molecular complexity index is 920. The first-order chi connectivity index (χ1) is 20.4. The summed E-state index contributed by atoms with van der Waals surface area (Å²) in [6.07, 6.45) is 19.2. The van der Waals surface area contributed by atoms with E-state index in [1.165, 1.54) is 68.3 Å². The first-order valence-electron chi connectivity index (χ1n) is 16.5. The molecule has 7 heteroatoms. The Kier molecular flexibility index (Phi) is 19.1. The molecule has 1 aromatic carbocycles. The van der Waals surface area contributed by atoms with E-state index in [1.807, 2.05) is 37.3 Å². The van der Waals surface area contributed by atoms with Gasteiger partial charge in [0, 0.05) is 19.5 Å². The van der Waals surface area contributed by atoms with Crippen molar-refractivity contribution in [1.29, 1.82) is 0 Å². The highest BCUT2D eigenvalue weighted by Gasteiger charge is 2.38. The van der Waals surface area contributed by atoms with Crippen molar-refractivity contribution in [3.05, 3.63) is 48.0 Å². The molecule has 1 heterocycles. The maximum atomic E-state index is 13.0. The lowest BCUT2D eigenvalue weighted by molar-refractivity contribution is -0.138. The maximum absolute atomic E-state index is 13.0. The molecule has 236 valence electrons. The summed E-state index contributed by atoms with van der Waals surface area (Å²) in [6, 6.07) is 7.92. The lowest BCUT2D eigenvalue weighted by atomic mass is 9.96. The Balaban J connectivity index is 1.58. The van der Waals surface area contributed by atoms with Crippen LogP contribution in [-0.4, -0.2) is 46.9 Å². The fourth-order valence-electron chi connectivity index (χ4n) is 5.35. The van der Waals surface area contributed by atoms with E-state index in [4.69, 9.17) is 4.74 Å². The van der Waals surface area contributed by atoms with Crippen LogP contribution in [0, 0.1) is 12.8 Å². The second kappa shape index (κ2) is 22.3. The molecule has 42 heavy (non-hydrogen) atoms. The smallest absolute Gasteiger partial charge is 0.407 e. The van der Waals surface area contributed by atoms with Gasteiger partial charge in [-0.05, 0) is 62.7 Å². The summed E-state index contributed by atoms with van der Waals surface area (Å²) in [5, 5.41) is 2.57. The molecular formula is C35H56N2O4S. The number of ether oxygens (including phenoxy) is 1. The van der Waals surface area contributed by atoms with Crippen LogP contribution >= 0.6 is 11.8 Å². The van der Waals surface area contributed by atoms with E-state index >= 15 is 0 Å². The molecule has 1 N–H and O–H groups in total. The van der Waals surface area contributed by atoms with Gasteiger partial charge in [0.05, 0.1) is 5.25 Å². The number of unbranched alkanes of at least 4 members (excludes halogenated alkanes) is 10. The predicted molar refractivity (Wildman–Crippen MR) is 176 cm³/mol. The number of likely N-dealkylation sites (tertiary alicyclic amines) is 1. The van der Waals surface area contributed by atoms with Gasteiger partial charge in [0.25, 0.3) is 0 Å². The number of nitrogens with zero attached hydrogens (tertiary/aromatic N) is 1. The van der Waals surface area contributed by atoms with Gasteiger partial charge in [0.15, 0.2) is 0 Å². The number of carbonyl (C=O) groups excluding carboxylic acids is 3. The first kappa shape index (κ1) is 35.9. The average molecular weight is 601 g/mol. The maximum Gasteiger partial charge on any atom is 0.407 e. The molecule has 0 bridgehead atoms. The van der Waals surface area contributed by atoms with Crippen LogP contribution in [-0.2, 0) is 20.9 Å². The number of aryl methyl sites for hydroxylation is 1. The topological polar surface area (TPSA) is 75.7 Å². The summed E-state index contributed by atoms with van der Waals surface area (Å²) in [6.45, 7) is 9.46. The zero-order chi connectivity index (χ0) is 30.4. The van der Waals surface area contributed by atoms with Crippen LogP contribution in [0.1, 0.15) is 121 Å². The number of hydrogen-bond donors (Lipinski definition) is 1. The number of alkyl carbamates (subject to hydrolysis) is 1. The Morgan fingerprint density at radius 1 is 1.00 bits per heavy atom. The SMILES string of the molecule is C=CCCCC(CCCCCCCCC)CSC1CC(=O)N(CCCCCCNC(=O)OCc2ccc(C)cc2)C1=O. The third-order valence-corrected chi connectivity index (χ3v) is 9.48. The second-order valence-electron chi connectivity index (χ2n) is 11.8. The Hall–Kier alpha value is -2.28. The number of amides is 3. The standard InChI is InChI=1S/C35H56N2O4S/c1-4-6-8-9-10-11-15-19-31(18-14-7-5-2)28-42-32-26-33(38)37(34(32)39)25-17-13-12-16-24-36-35(40)41-27-30-22-20-29(3)21-23-30/h5,20-23,31-32H,2,4,6-19,24-28H2,1,3H3,(H,36,40). The van der Waals surface area contributed by atoms with Gasteiger partial charge >= 0.3 is 6.09 Å². The third-order valence-electron chi connectivity index (χ3n) is 8.04. The number of carbonyl (C=O) groups is 3. The van der Waals surface area contributed by atoms with Crippen molar-refractivity contribution in [2.45, 2.75) is 128 Å². The van der Waals surface area contributed by atoms with E-state index in [9.17, 15) is 14.4 Å². The Labute approximate surface area is 259 Å². The molecule has 0 saturated carbocycles. The van der Waals surface area contributed by atoms with Gasteiger partial charge in [-0.3, -0.25) is 14.5 Å². The fraction of sp³-hybridized carbons (Fsp3) is 0.686. The van der Waals surface area contributed by atoms with Crippen LogP contribution in [0.2, 0.25) is 0 Å². The number of rotatable bonds is 24. The fourth-order valence-corrected chi connectivity index (χ4v) is 6.71. The van der Waals surface area contributed by atoms with Gasteiger partial charge in [0.2, 0.25) is 11.8 Å². The molecule has 1 aromatic rings. The highest BCUT2D eigenvalue weighted by atomic mass is 32.2. The predicted octanol–water partition coefficient (Wildman–Crippen LogP) is 8.76. The van der Waals surface area contributed by atoms with Gasteiger partial charge < -0.3 is 10.1 Å². The molecule has 2 atom stereocenters. The molecule has 6 nitrogen and oxygen atoms in total. The first-order valence-corrected chi connectivity index (χ1v) is 17.5. The minimum Gasteiger partial charge on any atom is -0.445 e. The molecular weight excluding hydrogens is 544 g/mol. The van der Waals surface area contributed by atoms with E-state index in [-0.39, 0.29) is 23.7 Å². The number of allylic oxidation sites excluding steroid dienone is 1. The lowest BCUT2D eigenvalue weighted by Gasteiger charge is -2.19. The molecule has 0 radical (unpaired) electrons. The summed E-state index contributed by atoms with van der Waals surface area (Å²) >= 11 is 1.71. The second-order valence-corrected chi connectivity index (χ2v) is 13.0. The zero-order valence-electron chi connectivity index (χ0n) is 26.4. The monoisotopic (exact) mass is 600 g/mol. The summed E-state index contributed by atoms with van der Waals surface area (Å²) < 4.78 is 5.26. The molecule has 0 aromatic heterocycles. The third kappa shape index (κ3) is 15.3. The van der Waals surface area contributed by atoms with Crippen molar-refractivity contribution in [3.8, 4) is 0 Å². The molecule has 1 aliphatic heterocycles. The van der Waals surface area contributed by atoms with E-state index in [1.54, 1.807) is 11.8 Å². The Morgan fingerprint density at radius 2 is 1.67 bits per heavy atom. The highest BCUT2D eigenvalue weighted by Crippen LogP contribution is 2.30. The largest absolute Gasteiger partial charge is 0.445 e.